The van der Waals surface area contributed by atoms with Gasteiger partial charge in [-0.25, -0.2) is 0 Å². The van der Waals surface area contributed by atoms with Crippen molar-refractivity contribution in [1.29, 1.82) is 0 Å². The van der Waals surface area contributed by atoms with Gasteiger partial charge in [-0.1, -0.05) is 29.5 Å². The number of para-hydroxylation sites is 1. The van der Waals surface area contributed by atoms with E-state index in [1.165, 1.54) is 11.3 Å². The van der Waals surface area contributed by atoms with Crippen molar-refractivity contribution in [2.75, 3.05) is 11.9 Å². The number of amides is 1. The van der Waals surface area contributed by atoms with Gasteiger partial charge < -0.3 is 4.74 Å². The van der Waals surface area contributed by atoms with Crippen molar-refractivity contribution in [1.82, 2.24) is 15.2 Å². The zero-order chi connectivity index (χ0) is 16.5. The monoisotopic (exact) mass is 340 g/mol. The average molecular weight is 340 g/mol. The van der Waals surface area contributed by atoms with E-state index < -0.39 is 0 Å². The number of hydrogen-bond acceptors (Lipinski definition) is 6. The third kappa shape index (κ3) is 2.88. The van der Waals surface area contributed by atoms with Crippen LogP contribution < -0.4 is 5.32 Å². The number of benzene rings is 1. The molecular formula is C17H16N4O2S. The van der Waals surface area contributed by atoms with Gasteiger partial charge in [0.25, 0.3) is 5.91 Å². The van der Waals surface area contributed by atoms with E-state index in [9.17, 15) is 4.79 Å². The van der Waals surface area contributed by atoms with Crippen LogP contribution in [-0.4, -0.2) is 27.7 Å². The number of carbonyl (C=O) groups is 1. The standard InChI is InChI=1S/C17H16N4O2S/c1-10-9-12(11-5-2-3-6-13(11)18-10)15(22)19-17-21-20-16(24-17)14-7-4-8-23-14/h2-3,5-6,9,14H,4,7-8H2,1H3,(H,19,21,22). The smallest absolute Gasteiger partial charge is 0.258 e. The topological polar surface area (TPSA) is 77.0 Å². The fourth-order valence-corrected chi connectivity index (χ4v) is 3.67. The molecule has 3 heterocycles. The van der Waals surface area contributed by atoms with Crippen molar-refractivity contribution in [3.05, 3.63) is 46.6 Å². The van der Waals surface area contributed by atoms with Gasteiger partial charge in [0.2, 0.25) is 5.13 Å². The molecule has 6 nitrogen and oxygen atoms in total. The molecule has 1 saturated heterocycles. The van der Waals surface area contributed by atoms with Crippen LogP contribution in [0.3, 0.4) is 0 Å². The Bertz CT molecular complexity index is 902. The molecule has 1 N–H and O–H groups in total. The van der Waals surface area contributed by atoms with E-state index in [1.54, 1.807) is 6.07 Å². The van der Waals surface area contributed by atoms with E-state index in [0.29, 0.717) is 10.7 Å². The minimum Gasteiger partial charge on any atom is -0.371 e. The average Bonchev–Trinajstić information content (AvgIpc) is 3.25. The first kappa shape index (κ1) is 15.2. The van der Waals surface area contributed by atoms with Crippen molar-refractivity contribution in [3.8, 4) is 0 Å². The van der Waals surface area contributed by atoms with Crippen molar-refractivity contribution in [3.63, 3.8) is 0 Å². The second kappa shape index (κ2) is 6.26. The largest absolute Gasteiger partial charge is 0.371 e. The minimum absolute atomic E-state index is 0.0113. The van der Waals surface area contributed by atoms with Crippen LogP contribution in [0.5, 0.6) is 0 Å². The van der Waals surface area contributed by atoms with Gasteiger partial charge >= 0.3 is 0 Å². The number of aromatic nitrogens is 3. The summed E-state index contributed by atoms with van der Waals surface area (Å²) < 4.78 is 5.60. The Morgan fingerprint density at radius 3 is 3.04 bits per heavy atom. The van der Waals surface area contributed by atoms with Crippen molar-refractivity contribution in [2.45, 2.75) is 25.9 Å². The van der Waals surface area contributed by atoms with Gasteiger partial charge in [0.1, 0.15) is 11.1 Å². The summed E-state index contributed by atoms with van der Waals surface area (Å²) in [5.41, 5.74) is 2.20. The van der Waals surface area contributed by atoms with Crippen LogP contribution in [-0.2, 0) is 4.74 Å². The second-order valence-corrected chi connectivity index (χ2v) is 6.74. The first-order chi connectivity index (χ1) is 11.7. The third-order valence-electron chi connectivity index (χ3n) is 3.96. The van der Waals surface area contributed by atoms with Crippen molar-refractivity contribution in [2.24, 2.45) is 0 Å². The maximum atomic E-state index is 12.7. The Hall–Kier alpha value is -2.38. The Kier molecular flexibility index (Phi) is 3.95. The van der Waals surface area contributed by atoms with E-state index in [-0.39, 0.29) is 12.0 Å². The van der Waals surface area contributed by atoms with Crippen LogP contribution in [0.25, 0.3) is 10.9 Å². The zero-order valence-electron chi connectivity index (χ0n) is 13.2. The lowest BCUT2D eigenvalue weighted by atomic mass is 10.1. The van der Waals surface area contributed by atoms with Crippen LogP contribution >= 0.6 is 11.3 Å². The molecule has 1 atom stereocenters. The summed E-state index contributed by atoms with van der Waals surface area (Å²) >= 11 is 1.37. The lowest BCUT2D eigenvalue weighted by molar-refractivity contribution is 0.102. The van der Waals surface area contributed by atoms with Gasteiger partial charge in [0.15, 0.2) is 0 Å². The Labute approximate surface area is 142 Å². The van der Waals surface area contributed by atoms with Crippen LogP contribution in [0.15, 0.2) is 30.3 Å². The van der Waals surface area contributed by atoms with E-state index in [4.69, 9.17) is 4.74 Å². The molecule has 1 unspecified atom stereocenters. The van der Waals surface area contributed by atoms with Crippen molar-refractivity contribution < 1.29 is 9.53 Å². The maximum absolute atomic E-state index is 12.7. The molecule has 1 fully saturated rings. The molecule has 0 aliphatic carbocycles. The molecule has 1 amide bonds. The first-order valence-corrected chi connectivity index (χ1v) is 8.65. The number of aryl methyl sites for hydroxylation is 1. The molecule has 0 bridgehead atoms. The van der Waals surface area contributed by atoms with Crippen LogP contribution in [0.2, 0.25) is 0 Å². The van der Waals surface area contributed by atoms with Crippen LogP contribution in [0, 0.1) is 6.92 Å². The lowest BCUT2D eigenvalue weighted by Crippen LogP contribution is -2.13. The first-order valence-electron chi connectivity index (χ1n) is 7.83. The number of nitrogens with zero attached hydrogens (tertiary/aromatic N) is 3. The third-order valence-corrected chi connectivity index (χ3v) is 4.89. The number of carbonyl (C=O) groups excluding carboxylic acids is 1. The Morgan fingerprint density at radius 1 is 1.33 bits per heavy atom. The molecule has 122 valence electrons. The zero-order valence-corrected chi connectivity index (χ0v) is 14.0. The number of ether oxygens (including phenoxy) is 1. The van der Waals surface area contributed by atoms with E-state index >= 15 is 0 Å². The van der Waals surface area contributed by atoms with Crippen molar-refractivity contribution >= 4 is 33.3 Å². The highest BCUT2D eigenvalue weighted by Gasteiger charge is 2.22. The van der Waals surface area contributed by atoms with E-state index in [1.807, 2.05) is 31.2 Å². The summed E-state index contributed by atoms with van der Waals surface area (Å²) in [6, 6.07) is 9.40. The molecule has 4 rings (SSSR count). The molecule has 0 saturated carbocycles. The summed E-state index contributed by atoms with van der Waals surface area (Å²) in [6.07, 6.45) is 2.00. The van der Waals surface area contributed by atoms with E-state index in [2.05, 4.69) is 20.5 Å². The predicted molar refractivity (Wildman–Crippen MR) is 92.3 cm³/mol. The van der Waals surface area contributed by atoms with Gasteiger partial charge in [0.05, 0.1) is 11.1 Å². The summed E-state index contributed by atoms with van der Waals surface area (Å²) in [5, 5.41) is 13.2. The number of fused-ring (bicyclic) bond motifs is 1. The molecule has 1 aromatic carbocycles. The lowest BCUT2D eigenvalue weighted by Gasteiger charge is -2.07. The van der Waals surface area contributed by atoms with Crippen LogP contribution in [0.4, 0.5) is 5.13 Å². The highest BCUT2D eigenvalue weighted by Crippen LogP contribution is 2.32. The summed E-state index contributed by atoms with van der Waals surface area (Å²) in [5.74, 6) is -0.202. The summed E-state index contributed by atoms with van der Waals surface area (Å²) in [7, 11) is 0. The Morgan fingerprint density at radius 2 is 2.21 bits per heavy atom. The molecule has 1 aliphatic heterocycles. The fraction of sp³-hybridized carbons (Fsp3) is 0.294. The van der Waals surface area contributed by atoms with Gasteiger partial charge in [0, 0.05) is 17.7 Å². The number of nitrogens with one attached hydrogen (secondary N) is 1. The second-order valence-electron chi connectivity index (χ2n) is 5.73. The SMILES string of the molecule is Cc1cc(C(=O)Nc2nnc(C3CCCO3)s2)c2ccccc2n1. The van der Waals surface area contributed by atoms with E-state index in [0.717, 1.165) is 41.1 Å². The highest BCUT2D eigenvalue weighted by molar-refractivity contribution is 7.15. The molecule has 1 aliphatic rings. The number of hydrogen-bond donors (Lipinski definition) is 1. The van der Waals surface area contributed by atoms with Gasteiger partial charge in [-0.3, -0.25) is 15.1 Å². The highest BCUT2D eigenvalue weighted by atomic mass is 32.1. The number of pyridine rings is 1. The molecule has 3 aromatic rings. The number of anilines is 1. The predicted octanol–water partition coefficient (Wildman–Crippen LogP) is 3.50. The minimum atomic E-state index is -0.202. The molecule has 2 aromatic heterocycles. The normalized spacial score (nSPS) is 17.3. The van der Waals surface area contributed by atoms with Gasteiger partial charge in [-0.2, -0.15) is 0 Å². The maximum Gasteiger partial charge on any atom is 0.258 e. The summed E-state index contributed by atoms with van der Waals surface area (Å²) in [6.45, 7) is 2.64. The number of rotatable bonds is 3. The molecule has 7 heteroatoms. The fourth-order valence-electron chi connectivity index (χ4n) is 2.85. The van der Waals surface area contributed by atoms with Gasteiger partial charge in [-0.15, -0.1) is 10.2 Å². The molecule has 24 heavy (non-hydrogen) atoms. The summed E-state index contributed by atoms with van der Waals surface area (Å²) in [4.78, 5) is 17.1. The molecule has 0 spiro atoms. The van der Waals surface area contributed by atoms with Gasteiger partial charge in [-0.05, 0) is 31.9 Å². The van der Waals surface area contributed by atoms with Crippen LogP contribution in [0.1, 0.15) is 40.0 Å². The quantitative estimate of drug-likeness (QED) is 0.789. The molecule has 0 radical (unpaired) electrons. The molecular weight excluding hydrogens is 324 g/mol. The Balaban J connectivity index is 1.60.